The highest BCUT2D eigenvalue weighted by Crippen LogP contribution is 2.22. The molecule has 106 valence electrons. The molecule has 1 aromatic heterocycles. The number of rotatable bonds is 6. The van der Waals surface area contributed by atoms with Crippen molar-refractivity contribution >= 4 is 5.82 Å². The molecular formula is C16H19FN2O. The summed E-state index contributed by atoms with van der Waals surface area (Å²) in [6.07, 6.45) is 2.53. The van der Waals surface area contributed by atoms with Gasteiger partial charge in [-0.15, -0.1) is 0 Å². The Morgan fingerprint density at radius 2 is 2.00 bits per heavy atom. The van der Waals surface area contributed by atoms with Crippen molar-refractivity contribution in [2.24, 2.45) is 0 Å². The van der Waals surface area contributed by atoms with Crippen LogP contribution in [0.1, 0.15) is 19.4 Å². The quantitative estimate of drug-likeness (QED) is 0.872. The van der Waals surface area contributed by atoms with E-state index in [-0.39, 0.29) is 11.9 Å². The van der Waals surface area contributed by atoms with Gasteiger partial charge < -0.3 is 10.1 Å². The van der Waals surface area contributed by atoms with Crippen LogP contribution in [0.25, 0.3) is 0 Å². The number of nitrogens with one attached hydrogen (secondary N) is 1. The van der Waals surface area contributed by atoms with Crippen LogP contribution in [0.5, 0.6) is 5.75 Å². The summed E-state index contributed by atoms with van der Waals surface area (Å²) in [4.78, 5) is 4.30. The Kier molecular flexibility index (Phi) is 4.93. The summed E-state index contributed by atoms with van der Waals surface area (Å²) < 4.78 is 18.4. The molecular weight excluding hydrogens is 255 g/mol. The third-order valence-electron chi connectivity index (χ3n) is 2.91. The molecule has 20 heavy (non-hydrogen) atoms. The highest BCUT2D eigenvalue weighted by molar-refractivity contribution is 5.50. The van der Waals surface area contributed by atoms with E-state index in [9.17, 15) is 4.39 Å². The molecule has 0 aliphatic carbocycles. The van der Waals surface area contributed by atoms with Crippen molar-refractivity contribution in [3.8, 4) is 5.75 Å². The highest BCUT2D eigenvalue weighted by atomic mass is 19.1. The summed E-state index contributed by atoms with van der Waals surface area (Å²) in [5.41, 5.74) is 1.08. The van der Waals surface area contributed by atoms with E-state index >= 15 is 0 Å². The van der Waals surface area contributed by atoms with Gasteiger partial charge in [-0.05, 0) is 50.1 Å². The maximum Gasteiger partial charge on any atom is 0.168 e. The number of hydrogen-bond donors (Lipinski definition) is 1. The topological polar surface area (TPSA) is 34.1 Å². The summed E-state index contributed by atoms with van der Waals surface area (Å²) in [6.45, 7) is 4.61. The molecule has 0 spiro atoms. The SMILES string of the molecule is CCOc1cccnc1NC(C)Cc1ccc(F)cc1. The molecule has 0 fully saturated rings. The van der Waals surface area contributed by atoms with E-state index in [1.165, 1.54) is 12.1 Å². The lowest BCUT2D eigenvalue weighted by Gasteiger charge is -2.17. The van der Waals surface area contributed by atoms with Crippen molar-refractivity contribution in [1.82, 2.24) is 4.98 Å². The lowest BCUT2D eigenvalue weighted by Crippen LogP contribution is -2.19. The maximum absolute atomic E-state index is 12.9. The van der Waals surface area contributed by atoms with Crippen LogP contribution in [0.15, 0.2) is 42.6 Å². The van der Waals surface area contributed by atoms with E-state index in [0.717, 1.165) is 23.6 Å². The van der Waals surface area contributed by atoms with E-state index in [1.54, 1.807) is 18.3 Å². The van der Waals surface area contributed by atoms with Gasteiger partial charge in [-0.25, -0.2) is 9.37 Å². The Hall–Kier alpha value is -2.10. The van der Waals surface area contributed by atoms with E-state index in [2.05, 4.69) is 17.2 Å². The normalized spacial score (nSPS) is 11.9. The zero-order chi connectivity index (χ0) is 14.4. The standard InChI is InChI=1S/C16H19FN2O/c1-3-20-15-5-4-10-18-16(15)19-12(2)11-13-6-8-14(17)9-7-13/h4-10,12H,3,11H2,1-2H3,(H,18,19). The van der Waals surface area contributed by atoms with Crippen LogP contribution in [0.3, 0.4) is 0 Å². The van der Waals surface area contributed by atoms with Crippen LogP contribution in [-0.4, -0.2) is 17.6 Å². The lowest BCUT2D eigenvalue weighted by atomic mass is 10.1. The molecule has 4 heteroatoms. The number of hydrogen-bond acceptors (Lipinski definition) is 3. The molecule has 0 aliphatic rings. The summed E-state index contributed by atoms with van der Waals surface area (Å²) >= 11 is 0. The highest BCUT2D eigenvalue weighted by Gasteiger charge is 2.09. The van der Waals surface area contributed by atoms with Crippen LogP contribution in [-0.2, 0) is 6.42 Å². The second-order valence-corrected chi connectivity index (χ2v) is 4.66. The van der Waals surface area contributed by atoms with Crippen molar-refractivity contribution in [2.75, 3.05) is 11.9 Å². The second kappa shape index (κ2) is 6.89. The average molecular weight is 274 g/mol. The summed E-state index contributed by atoms with van der Waals surface area (Å²) in [5, 5.41) is 3.33. The number of nitrogens with zero attached hydrogens (tertiary/aromatic N) is 1. The molecule has 3 nitrogen and oxygen atoms in total. The Bertz CT molecular complexity index is 542. The molecule has 2 rings (SSSR count). The molecule has 2 aromatic rings. The Balaban J connectivity index is 2.00. The molecule has 1 atom stereocenters. The minimum Gasteiger partial charge on any atom is -0.490 e. The Morgan fingerprint density at radius 3 is 2.70 bits per heavy atom. The van der Waals surface area contributed by atoms with Gasteiger partial charge in [0.25, 0.3) is 0 Å². The third-order valence-corrected chi connectivity index (χ3v) is 2.91. The largest absolute Gasteiger partial charge is 0.490 e. The molecule has 1 heterocycles. The van der Waals surface area contributed by atoms with Crippen molar-refractivity contribution in [1.29, 1.82) is 0 Å². The van der Waals surface area contributed by atoms with E-state index in [1.807, 2.05) is 19.1 Å². The van der Waals surface area contributed by atoms with Gasteiger partial charge in [0.05, 0.1) is 6.61 Å². The third kappa shape index (κ3) is 3.95. The smallest absolute Gasteiger partial charge is 0.168 e. The maximum atomic E-state index is 12.9. The van der Waals surface area contributed by atoms with Gasteiger partial charge >= 0.3 is 0 Å². The van der Waals surface area contributed by atoms with E-state index < -0.39 is 0 Å². The molecule has 0 bridgehead atoms. The van der Waals surface area contributed by atoms with Crippen LogP contribution in [0.4, 0.5) is 10.2 Å². The molecule has 0 saturated carbocycles. The number of benzene rings is 1. The first kappa shape index (κ1) is 14.3. The summed E-state index contributed by atoms with van der Waals surface area (Å²) in [5.74, 6) is 1.28. The molecule has 1 unspecified atom stereocenters. The second-order valence-electron chi connectivity index (χ2n) is 4.66. The van der Waals surface area contributed by atoms with Gasteiger partial charge in [-0.1, -0.05) is 12.1 Å². The fourth-order valence-corrected chi connectivity index (χ4v) is 2.03. The zero-order valence-electron chi connectivity index (χ0n) is 11.8. The van der Waals surface area contributed by atoms with Crippen LogP contribution < -0.4 is 10.1 Å². The van der Waals surface area contributed by atoms with E-state index in [4.69, 9.17) is 4.74 Å². The monoisotopic (exact) mass is 274 g/mol. The van der Waals surface area contributed by atoms with E-state index in [0.29, 0.717) is 6.61 Å². The predicted octanol–water partition coefficient (Wildman–Crippen LogP) is 3.66. The Labute approximate surface area is 118 Å². The number of anilines is 1. The van der Waals surface area contributed by atoms with Crippen LogP contribution in [0, 0.1) is 5.82 Å². The van der Waals surface area contributed by atoms with Crippen LogP contribution >= 0.6 is 0 Å². The van der Waals surface area contributed by atoms with Crippen molar-refractivity contribution < 1.29 is 9.13 Å². The predicted molar refractivity (Wildman–Crippen MR) is 78.6 cm³/mol. The van der Waals surface area contributed by atoms with Crippen LogP contribution in [0.2, 0.25) is 0 Å². The zero-order valence-corrected chi connectivity index (χ0v) is 11.8. The molecule has 0 aliphatic heterocycles. The molecule has 1 aromatic carbocycles. The van der Waals surface area contributed by atoms with Crippen molar-refractivity contribution in [2.45, 2.75) is 26.3 Å². The fourth-order valence-electron chi connectivity index (χ4n) is 2.03. The number of pyridine rings is 1. The molecule has 1 N–H and O–H groups in total. The Morgan fingerprint density at radius 1 is 1.25 bits per heavy atom. The average Bonchev–Trinajstić information content (AvgIpc) is 2.44. The number of halogens is 1. The minimum atomic E-state index is -0.210. The van der Waals surface area contributed by atoms with Gasteiger partial charge in [0.2, 0.25) is 0 Å². The van der Waals surface area contributed by atoms with Gasteiger partial charge in [0.1, 0.15) is 5.82 Å². The molecule has 0 amide bonds. The van der Waals surface area contributed by atoms with Gasteiger partial charge in [-0.2, -0.15) is 0 Å². The fraction of sp³-hybridized carbons (Fsp3) is 0.312. The molecule has 0 radical (unpaired) electrons. The first-order chi connectivity index (χ1) is 9.69. The minimum absolute atomic E-state index is 0.176. The van der Waals surface area contributed by atoms with Gasteiger partial charge in [0, 0.05) is 12.2 Å². The van der Waals surface area contributed by atoms with Gasteiger partial charge in [0.15, 0.2) is 11.6 Å². The summed E-state index contributed by atoms with van der Waals surface area (Å²) in [7, 11) is 0. The lowest BCUT2D eigenvalue weighted by molar-refractivity contribution is 0.340. The number of ether oxygens (including phenoxy) is 1. The summed E-state index contributed by atoms with van der Waals surface area (Å²) in [6, 6.07) is 10.5. The first-order valence-electron chi connectivity index (χ1n) is 6.78. The molecule has 0 saturated heterocycles. The van der Waals surface area contributed by atoms with Gasteiger partial charge in [-0.3, -0.25) is 0 Å². The number of aromatic nitrogens is 1. The van der Waals surface area contributed by atoms with Crippen molar-refractivity contribution in [3.05, 3.63) is 54.0 Å². The first-order valence-corrected chi connectivity index (χ1v) is 6.78. The van der Waals surface area contributed by atoms with Crippen molar-refractivity contribution in [3.63, 3.8) is 0 Å².